The predicted octanol–water partition coefficient (Wildman–Crippen LogP) is 1.28. The van der Waals surface area contributed by atoms with Crippen molar-refractivity contribution in [3.63, 3.8) is 0 Å². The average Bonchev–Trinajstić information content (AvgIpc) is 2.79. The first-order valence-electron chi connectivity index (χ1n) is 5.45. The first-order chi connectivity index (χ1) is 9.00. The van der Waals surface area contributed by atoms with E-state index in [2.05, 4.69) is 10.2 Å². The number of nitrogens with zero attached hydrogens (tertiary/aromatic N) is 4. The van der Waals surface area contributed by atoms with E-state index in [9.17, 15) is 14.3 Å². The van der Waals surface area contributed by atoms with Crippen molar-refractivity contribution >= 4 is 16.5 Å². The fraction of sp³-hybridized carbons (Fsp3) is 0.273. The fourth-order valence-corrected chi connectivity index (χ4v) is 2.40. The smallest absolute Gasteiger partial charge is 0.272 e. The molecular formula is C11H12N4O3S. The molecule has 0 saturated carbocycles. The molecule has 1 aromatic carbocycles. The molecule has 1 aromatic heterocycles. The second-order valence-corrected chi connectivity index (χ2v) is 5.29. The van der Waals surface area contributed by atoms with E-state index in [0.29, 0.717) is 17.3 Å². The molecule has 1 atom stereocenters. The second-order valence-electron chi connectivity index (χ2n) is 4.01. The molecule has 0 aliphatic rings. The Balaban J connectivity index is 2.39. The van der Waals surface area contributed by atoms with Crippen LogP contribution in [-0.2, 0) is 17.3 Å². The zero-order valence-electron chi connectivity index (χ0n) is 10.4. The molecular weight excluding hydrogens is 268 g/mol. The van der Waals surface area contributed by atoms with Gasteiger partial charge in [-0.3, -0.25) is 14.3 Å². The van der Waals surface area contributed by atoms with Crippen LogP contribution >= 0.6 is 0 Å². The standard InChI is InChI=1S/C11H12N4O3S/c1-8-9(4-3-5-10(8)15(16)17)6-14-7-12-13-11(14)19(2)18/h3-5,7H,6H2,1-2H3/t19-/m0/s1. The summed E-state index contributed by atoms with van der Waals surface area (Å²) in [6.45, 7) is 2.05. The van der Waals surface area contributed by atoms with Gasteiger partial charge in [-0.2, -0.15) is 0 Å². The molecule has 2 aromatic rings. The highest BCUT2D eigenvalue weighted by Gasteiger charge is 2.15. The number of hydrogen-bond acceptors (Lipinski definition) is 5. The zero-order valence-corrected chi connectivity index (χ0v) is 11.3. The lowest BCUT2D eigenvalue weighted by molar-refractivity contribution is -0.385. The highest BCUT2D eigenvalue weighted by molar-refractivity contribution is 7.84. The van der Waals surface area contributed by atoms with Crippen LogP contribution in [0, 0.1) is 17.0 Å². The van der Waals surface area contributed by atoms with Gasteiger partial charge in [-0.25, -0.2) is 0 Å². The molecule has 0 N–H and O–H groups in total. The molecule has 19 heavy (non-hydrogen) atoms. The molecule has 0 saturated heterocycles. The number of nitro benzene ring substituents is 1. The van der Waals surface area contributed by atoms with Gasteiger partial charge in [0.15, 0.2) is 0 Å². The summed E-state index contributed by atoms with van der Waals surface area (Å²) in [5.41, 5.74) is 1.44. The molecule has 0 aliphatic heterocycles. The Labute approximate surface area is 111 Å². The number of rotatable bonds is 4. The Morgan fingerprint density at radius 1 is 1.47 bits per heavy atom. The van der Waals surface area contributed by atoms with Crippen molar-refractivity contribution in [2.45, 2.75) is 18.6 Å². The molecule has 2 rings (SSSR count). The minimum Gasteiger partial charge on any atom is -0.302 e. The topological polar surface area (TPSA) is 90.9 Å². The summed E-state index contributed by atoms with van der Waals surface area (Å²) in [7, 11) is -1.25. The van der Waals surface area contributed by atoms with Crippen molar-refractivity contribution in [3.8, 4) is 0 Å². The van der Waals surface area contributed by atoms with E-state index in [1.807, 2.05) is 0 Å². The summed E-state index contributed by atoms with van der Waals surface area (Å²) < 4.78 is 13.1. The number of nitro groups is 1. The third-order valence-electron chi connectivity index (χ3n) is 2.79. The van der Waals surface area contributed by atoms with Crippen molar-refractivity contribution in [1.29, 1.82) is 0 Å². The summed E-state index contributed by atoms with van der Waals surface area (Å²) in [4.78, 5) is 10.5. The van der Waals surface area contributed by atoms with Crippen LogP contribution in [0.1, 0.15) is 11.1 Å². The zero-order chi connectivity index (χ0) is 14.0. The Kier molecular flexibility index (Phi) is 3.70. The van der Waals surface area contributed by atoms with Crippen molar-refractivity contribution in [1.82, 2.24) is 14.8 Å². The lowest BCUT2D eigenvalue weighted by Crippen LogP contribution is -2.07. The van der Waals surface area contributed by atoms with Crippen LogP contribution in [0.15, 0.2) is 29.7 Å². The Hall–Kier alpha value is -2.09. The van der Waals surface area contributed by atoms with E-state index in [4.69, 9.17) is 0 Å². The molecule has 1 heterocycles. The minimum absolute atomic E-state index is 0.0738. The largest absolute Gasteiger partial charge is 0.302 e. The predicted molar refractivity (Wildman–Crippen MR) is 69.3 cm³/mol. The van der Waals surface area contributed by atoms with Gasteiger partial charge in [0.1, 0.15) is 6.33 Å². The first kappa shape index (κ1) is 13.3. The highest BCUT2D eigenvalue weighted by Crippen LogP contribution is 2.22. The van der Waals surface area contributed by atoms with E-state index >= 15 is 0 Å². The highest BCUT2D eigenvalue weighted by atomic mass is 32.2. The summed E-state index contributed by atoms with van der Waals surface area (Å²) in [5, 5.41) is 18.7. The van der Waals surface area contributed by atoms with Crippen molar-refractivity contribution < 1.29 is 9.13 Å². The third kappa shape index (κ3) is 2.68. The van der Waals surface area contributed by atoms with Gasteiger partial charge >= 0.3 is 0 Å². The molecule has 0 aliphatic carbocycles. The average molecular weight is 280 g/mol. The van der Waals surface area contributed by atoms with E-state index in [1.54, 1.807) is 23.6 Å². The lowest BCUT2D eigenvalue weighted by atomic mass is 10.1. The summed E-state index contributed by atoms with van der Waals surface area (Å²) in [5.74, 6) is 0. The second kappa shape index (κ2) is 5.27. The Morgan fingerprint density at radius 3 is 2.84 bits per heavy atom. The molecule has 0 spiro atoms. The molecule has 100 valence electrons. The first-order valence-corrected chi connectivity index (χ1v) is 7.00. The minimum atomic E-state index is -1.25. The van der Waals surface area contributed by atoms with Crippen LogP contribution in [0.5, 0.6) is 0 Å². The lowest BCUT2D eigenvalue weighted by Gasteiger charge is -2.08. The summed E-state index contributed by atoms with van der Waals surface area (Å²) in [6.07, 6.45) is 2.98. The van der Waals surface area contributed by atoms with Crippen molar-refractivity contribution in [2.24, 2.45) is 0 Å². The van der Waals surface area contributed by atoms with Gasteiger partial charge in [0.05, 0.1) is 22.3 Å². The van der Waals surface area contributed by atoms with Gasteiger partial charge < -0.3 is 4.57 Å². The van der Waals surface area contributed by atoms with Crippen LogP contribution < -0.4 is 0 Å². The SMILES string of the molecule is Cc1c(Cn2cnnc2[S@](C)=O)cccc1[N+](=O)[O-]. The number of hydrogen-bond donors (Lipinski definition) is 0. The maximum atomic E-state index is 11.5. The summed E-state index contributed by atoms with van der Waals surface area (Å²) in [6, 6.07) is 4.89. The van der Waals surface area contributed by atoms with E-state index < -0.39 is 15.7 Å². The molecule has 0 amide bonds. The van der Waals surface area contributed by atoms with Crippen molar-refractivity contribution in [3.05, 3.63) is 45.8 Å². The van der Waals surface area contributed by atoms with Crippen LogP contribution in [0.25, 0.3) is 0 Å². The fourth-order valence-electron chi connectivity index (χ4n) is 1.80. The third-order valence-corrected chi connectivity index (χ3v) is 3.62. The van der Waals surface area contributed by atoms with E-state index in [-0.39, 0.29) is 5.69 Å². The van der Waals surface area contributed by atoms with Crippen LogP contribution in [-0.4, -0.2) is 30.2 Å². The molecule has 0 unspecified atom stereocenters. The van der Waals surface area contributed by atoms with Crippen molar-refractivity contribution in [2.75, 3.05) is 6.26 Å². The van der Waals surface area contributed by atoms with Crippen LogP contribution in [0.3, 0.4) is 0 Å². The number of aromatic nitrogens is 3. The van der Waals surface area contributed by atoms with Gasteiger partial charge in [-0.1, -0.05) is 12.1 Å². The van der Waals surface area contributed by atoms with Gasteiger partial charge in [0, 0.05) is 17.9 Å². The molecule has 8 heteroatoms. The van der Waals surface area contributed by atoms with E-state index in [1.165, 1.54) is 18.6 Å². The van der Waals surface area contributed by atoms with Gasteiger partial charge in [-0.15, -0.1) is 10.2 Å². The van der Waals surface area contributed by atoms with Gasteiger partial charge in [0.2, 0.25) is 5.16 Å². The van der Waals surface area contributed by atoms with Gasteiger partial charge in [-0.05, 0) is 12.5 Å². The summed E-state index contributed by atoms with van der Waals surface area (Å²) >= 11 is 0. The molecule has 7 nitrogen and oxygen atoms in total. The monoisotopic (exact) mass is 280 g/mol. The van der Waals surface area contributed by atoms with Crippen LogP contribution in [0.4, 0.5) is 5.69 Å². The Bertz CT molecular complexity index is 653. The van der Waals surface area contributed by atoms with Gasteiger partial charge in [0.25, 0.3) is 5.69 Å². The normalized spacial score (nSPS) is 12.3. The molecule has 0 fully saturated rings. The quantitative estimate of drug-likeness (QED) is 0.621. The Morgan fingerprint density at radius 2 is 2.21 bits per heavy atom. The molecule has 0 bridgehead atoms. The molecule has 0 radical (unpaired) electrons. The van der Waals surface area contributed by atoms with Crippen LogP contribution in [0.2, 0.25) is 0 Å². The number of benzene rings is 1. The van der Waals surface area contributed by atoms with E-state index in [0.717, 1.165) is 5.56 Å². The maximum absolute atomic E-state index is 11.5. The maximum Gasteiger partial charge on any atom is 0.272 e.